The van der Waals surface area contributed by atoms with Gasteiger partial charge in [0, 0.05) is 0 Å². The third kappa shape index (κ3) is 3.12. The van der Waals surface area contributed by atoms with Gasteiger partial charge in [0.05, 0.1) is 23.3 Å². The lowest BCUT2D eigenvalue weighted by atomic mass is 10.0. The van der Waals surface area contributed by atoms with Gasteiger partial charge in [-0.2, -0.15) is 0 Å². The quantitative estimate of drug-likeness (QED) is 0.800. The molecule has 0 amide bonds. The summed E-state index contributed by atoms with van der Waals surface area (Å²) in [4.78, 5) is 21.2. The molecule has 2 N–H and O–H groups in total. The van der Waals surface area contributed by atoms with Crippen LogP contribution in [0, 0.1) is 6.92 Å². The maximum absolute atomic E-state index is 10.6. The highest BCUT2D eigenvalue weighted by molar-refractivity contribution is 5.96. The number of ether oxygens (including phenoxy) is 1. The SMILES string of the molecule is C1CC2OC2C1.Cc1c(C(=O)O)cccc1C(=O)O. The summed E-state index contributed by atoms with van der Waals surface area (Å²) in [6, 6.07) is 4.17. The van der Waals surface area contributed by atoms with Gasteiger partial charge >= 0.3 is 11.9 Å². The highest BCUT2D eigenvalue weighted by Crippen LogP contribution is 2.37. The van der Waals surface area contributed by atoms with Crippen LogP contribution < -0.4 is 0 Å². The Morgan fingerprint density at radius 3 is 1.84 bits per heavy atom. The monoisotopic (exact) mass is 264 g/mol. The summed E-state index contributed by atoms with van der Waals surface area (Å²) in [5.74, 6) is -2.22. The van der Waals surface area contributed by atoms with Crippen LogP contribution in [-0.2, 0) is 4.74 Å². The van der Waals surface area contributed by atoms with E-state index in [4.69, 9.17) is 14.9 Å². The van der Waals surface area contributed by atoms with Gasteiger partial charge in [0.2, 0.25) is 0 Å². The van der Waals surface area contributed by atoms with Crippen molar-refractivity contribution in [1.82, 2.24) is 0 Å². The van der Waals surface area contributed by atoms with Crippen molar-refractivity contribution in [3.8, 4) is 0 Å². The highest BCUT2D eigenvalue weighted by atomic mass is 16.6. The third-order valence-corrected chi connectivity index (χ3v) is 3.46. The van der Waals surface area contributed by atoms with Crippen LogP contribution >= 0.6 is 0 Å². The van der Waals surface area contributed by atoms with Gasteiger partial charge in [-0.25, -0.2) is 9.59 Å². The molecule has 1 saturated carbocycles. The maximum atomic E-state index is 10.6. The molecule has 1 saturated heterocycles. The number of hydrogen-bond donors (Lipinski definition) is 2. The number of carboxylic acids is 2. The Morgan fingerprint density at radius 2 is 1.58 bits per heavy atom. The highest BCUT2D eigenvalue weighted by Gasteiger charge is 2.42. The molecule has 0 bridgehead atoms. The Kier molecular flexibility index (Phi) is 3.85. The number of epoxide rings is 1. The van der Waals surface area contributed by atoms with Gasteiger partial charge < -0.3 is 14.9 Å². The second-order valence-corrected chi connectivity index (χ2v) is 4.73. The van der Waals surface area contributed by atoms with Crippen molar-refractivity contribution in [2.75, 3.05) is 0 Å². The van der Waals surface area contributed by atoms with Gasteiger partial charge in [-0.15, -0.1) is 0 Å². The minimum atomic E-state index is -1.11. The van der Waals surface area contributed by atoms with E-state index in [2.05, 4.69) is 0 Å². The van der Waals surface area contributed by atoms with Crippen LogP contribution in [0.15, 0.2) is 18.2 Å². The molecule has 5 heteroatoms. The van der Waals surface area contributed by atoms with E-state index in [0.29, 0.717) is 12.2 Å². The first-order valence-electron chi connectivity index (χ1n) is 6.22. The Bertz CT molecular complexity index is 468. The predicted molar refractivity (Wildman–Crippen MR) is 67.6 cm³/mol. The van der Waals surface area contributed by atoms with Crippen molar-refractivity contribution in [2.45, 2.75) is 38.4 Å². The molecule has 1 aromatic carbocycles. The molecule has 0 radical (unpaired) electrons. The van der Waals surface area contributed by atoms with E-state index < -0.39 is 11.9 Å². The molecule has 2 unspecified atom stereocenters. The molecule has 2 aliphatic rings. The lowest BCUT2D eigenvalue weighted by molar-refractivity contribution is 0.0696. The van der Waals surface area contributed by atoms with E-state index in [1.807, 2.05) is 0 Å². The fourth-order valence-corrected chi connectivity index (χ4v) is 2.31. The van der Waals surface area contributed by atoms with Crippen LogP contribution in [0.1, 0.15) is 45.5 Å². The molecular formula is C14H16O5. The largest absolute Gasteiger partial charge is 0.478 e. The molecule has 0 spiro atoms. The molecule has 102 valence electrons. The van der Waals surface area contributed by atoms with E-state index in [1.54, 1.807) is 0 Å². The molecule has 2 atom stereocenters. The normalized spacial score (nSPS) is 23.0. The van der Waals surface area contributed by atoms with Gasteiger partial charge in [-0.1, -0.05) is 6.07 Å². The average Bonchev–Trinajstić information content (AvgIpc) is 2.96. The first-order chi connectivity index (χ1) is 9.00. The molecule has 2 fully saturated rings. The van der Waals surface area contributed by atoms with Crippen LogP contribution in [0.3, 0.4) is 0 Å². The van der Waals surface area contributed by atoms with Gasteiger partial charge in [-0.3, -0.25) is 0 Å². The molecule has 5 nitrogen and oxygen atoms in total. The first kappa shape index (κ1) is 13.5. The zero-order chi connectivity index (χ0) is 14.0. The maximum Gasteiger partial charge on any atom is 0.335 e. The van der Waals surface area contributed by atoms with Crippen molar-refractivity contribution in [3.05, 3.63) is 34.9 Å². The third-order valence-electron chi connectivity index (χ3n) is 3.46. The van der Waals surface area contributed by atoms with E-state index in [9.17, 15) is 9.59 Å². The number of benzene rings is 1. The second kappa shape index (κ2) is 5.40. The van der Waals surface area contributed by atoms with Crippen LogP contribution in [0.5, 0.6) is 0 Å². The molecule has 0 aromatic heterocycles. The zero-order valence-electron chi connectivity index (χ0n) is 10.6. The van der Waals surface area contributed by atoms with Crippen molar-refractivity contribution < 1.29 is 24.5 Å². The fraction of sp³-hybridized carbons (Fsp3) is 0.429. The number of fused-ring (bicyclic) bond motifs is 1. The van der Waals surface area contributed by atoms with Crippen molar-refractivity contribution in [3.63, 3.8) is 0 Å². The topological polar surface area (TPSA) is 87.1 Å². The molecular weight excluding hydrogens is 248 g/mol. The molecule has 19 heavy (non-hydrogen) atoms. The number of carboxylic acid groups (broad SMARTS) is 2. The molecule has 1 aliphatic carbocycles. The Balaban J connectivity index is 0.000000180. The summed E-state index contributed by atoms with van der Waals surface area (Å²) in [6.07, 6.45) is 5.51. The van der Waals surface area contributed by atoms with Gasteiger partial charge in [-0.05, 0) is 43.9 Å². The van der Waals surface area contributed by atoms with E-state index in [0.717, 1.165) is 0 Å². The van der Waals surface area contributed by atoms with Crippen LogP contribution in [0.25, 0.3) is 0 Å². The summed E-state index contributed by atoms with van der Waals surface area (Å²) in [5.41, 5.74) is 0.335. The van der Waals surface area contributed by atoms with Crippen LogP contribution in [0.4, 0.5) is 0 Å². The van der Waals surface area contributed by atoms with Crippen LogP contribution in [-0.4, -0.2) is 34.4 Å². The van der Waals surface area contributed by atoms with Crippen LogP contribution in [0.2, 0.25) is 0 Å². The zero-order valence-corrected chi connectivity index (χ0v) is 10.6. The molecule has 1 aromatic rings. The number of carbonyl (C=O) groups is 2. The Labute approximate surface area is 110 Å². The Hall–Kier alpha value is -1.88. The number of rotatable bonds is 2. The smallest absolute Gasteiger partial charge is 0.335 e. The minimum Gasteiger partial charge on any atom is -0.478 e. The van der Waals surface area contributed by atoms with Crippen molar-refractivity contribution in [2.24, 2.45) is 0 Å². The molecule has 3 rings (SSSR count). The van der Waals surface area contributed by atoms with Gasteiger partial charge in [0.1, 0.15) is 0 Å². The molecule has 1 aliphatic heterocycles. The van der Waals surface area contributed by atoms with E-state index in [1.165, 1.54) is 44.4 Å². The Morgan fingerprint density at radius 1 is 1.11 bits per heavy atom. The van der Waals surface area contributed by atoms with E-state index >= 15 is 0 Å². The van der Waals surface area contributed by atoms with Crippen molar-refractivity contribution >= 4 is 11.9 Å². The standard InChI is InChI=1S/C9H8O4.C5H8O/c1-5-6(8(10)11)3-2-4-7(5)9(12)13;1-2-4-5(3-1)6-4/h2-4H,1H3,(H,10,11)(H,12,13);4-5H,1-3H2. The fourth-order valence-electron chi connectivity index (χ4n) is 2.31. The summed E-state index contributed by atoms with van der Waals surface area (Å²) >= 11 is 0. The first-order valence-corrected chi connectivity index (χ1v) is 6.22. The second-order valence-electron chi connectivity index (χ2n) is 4.73. The average molecular weight is 264 g/mol. The minimum absolute atomic E-state index is 0.0277. The number of aromatic carboxylic acids is 2. The summed E-state index contributed by atoms with van der Waals surface area (Å²) in [6.45, 7) is 1.48. The molecule has 1 heterocycles. The lowest BCUT2D eigenvalue weighted by Crippen LogP contribution is -2.06. The van der Waals surface area contributed by atoms with Crippen molar-refractivity contribution in [1.29, 1.82) is 0 Å². The predicted octanol–water partition coefficient (Wildman–Crippen LogP) is 2.33. The van der Waals surface area contributed by atoms with Gasteiger partial charge in [0.25, 0.3) is 0 Å². The summed E-state index contributed by atoms with van der Waals surface area (Å²) in [5, 5.41) is 17.4. The van der Waals surface area contributed by atoms with E-state index in [-0.39, 0.29) is 16.7 Å². The summed E-state index contributed by atoms with van der Waals surface area (Å²) in [7, 11) is 0. The van der Waals surface area contributed by atoms with Gasteiger partial charge in [0.15, 0.2) is 0 Å². The number of hydrogen-bond acceptors (Lipinski definition) is 3. The lowest BCUT2D eigenvalue weighted by Gasteiger charge is -2.03. The summed E-state index contributed by atoms with van der Waals surface area (Å²) < 4.78 is 5.15.